The first-order valence-corrected chi connectivity index (χ1v) is 3.89. The first-order valence-electron chi connectivity index (χ1n) is 3.89. The Hall–Kier alpha value is -1.82. The maximum atomic E-state index is 10.6. The highest BCUT2D eigenvalue weighted by molar-refractivity contribution is 5.85. The Morgan fingerprint density at radius 1 is 1.46 bits per heavy atom. The van der Waals surface area contributed by atoms with Crippen LogP contribution in [0.4, 0.5) is 0 Å². The van der Waals surface area contributed by atoms with Crippen LogP contribution in [0.3, 0.4) is 0 Å². The molecule has 0 heterocycles. The van der Waals surface area contributed by atoms with E-state index in [0.29, 0.717) is 0 Å². The molecule has 0 saturated heterocycles. The van der Waals surface area contributed by atoms with Crippen LogP contribution < -0.4 is 0 Å². The Balaban J connectivity index is 2.65. The number of carbonyl (C=O) groups excluding carboxylic acids is 1. The Morgan fingerprint density at radius 3 is 2.62 bits per heavy atom. The number of hydrogen-bond acceptors (Lipinski definition) is 3. The smallest absolute Gasteiger partial charge is 0.411 e. The van der Waals surface area contributed by atoms with Gasteiger partial charge in [-0.2, -0.15) is 5.26 Å². The number of benzene rings is 1. The van der Waals surface area contributed by atoms with Crippen molar-refractivity contribution in [3.8, 4) is 6.07 Å². The fourth-order valence-corrected chi connectivity index (χ4v) is 0.979. The SMILES string of the molecule is C[C@@H](OC(=O)C#N)c1ccccc1. The van der Waals surface area contributed by atoms with Gasteiger partial charge in [-0.05, 0) is 12.5 Å². The normalized spacial score (nSPS) is 11.4. The van der Waals surface area contributed by atoms with Gasteiger partial charge in [-0.15, -0.1) is 0 Å². The van der Waals surface area contributed by atoms with Gasteiger partial charge in [-0.1, -0.05) is 30.3 Å². The lowest BCUT2D eigenvalue weighted by atomic mass is 10.1. The zero-order chi connectivity index (χ0) is 9.68. The molecule has 0 N–H and O–H groups in total. The zero-order valence-electron chi connectivity index (χ0n) is 7.23. The van der Waals surface area contributed by atoms with E-state index in [-0.39, 0.29) is 6.10 Å². The molecule has 0 radical (unpaired) electrons. The summed E-state index contributed by atoms with van der Waals surface area (Å²) in [7, 11) is 0. The Bertz CT molecular complexity index is 327. The van der Waals surface area contributed by atoms with Gasteiger partial charge in [0.25, 0.3) is 0 Å². The summed E-state index contributed by atoms with van der Waals surface area (Å²) in [4.78, 5) is 10.6. The highest BCUT2D eigenvalue weighted by Gasteiger charge is 2.09. The summed E-state index contributed by atoms with van der Waals surface area (Å²) in [5.41, 5.74) is 0.881. The van der Waals surface area contributed by atoms with Crippen molar-refractivity contribution in [1.82, 2.24) is 0 Å². The summed E-state index contributed by atoms with van der Waals surface area (Å²) in [6.45, 7) is 1.73. The van der Waals surface area contributed by atoms with Crippen LogP contribution in [0.25, 0.3) is 0 Å². The van der Waals surface area contributed by atoms with Crippen molar-refractivity contribution in [2.24, 2.45) is 0 Å². The van der Waals surface area contributed by atoms with Crippen LogP contribution in [0.15, 0.2) is 30.3 Å². The molecule has 0 spiro atoms. The molecule has 1 atom stereocenters. The average Bonchev–Trinajstić information content (AvgIpc) is 2.19. The van der Waals surface area contributed by atoms with Crippen molar-refractivity contribution < 1.29 is 9.53 Å². The number of hydrogen-bond donors (Lipinski definition) is 0. The molecule has 0 fully saturated rings. The summed E-state index contributed by atoms with van der Waals surface area (Å²) in [6, 6.07) is 10.7. The Morgan fingerprint density at radius 2 is 2.08 bits per heavy atom. The van der Waals surface area contributed by atoms with E-state index < -0.39 is 5.97 Å². The molecule has 0 saturated carbocycles. The first kappa shape index (κ1) is 9.27. The number of esters is 1. The topological polar surface area (TPSA) is 50.1 Å². The minimum Gasteiger partial charge on any atom is -0.447 e. The van der Waals surface area contributed by atoms with Crippen LogP contribution in [0.5, 0.6) is 0 Å². The first-order chi connectivity index (χ1) is 6.24. The third kappa shape index (κ3) is 2.60. The highest BCUT2D eigenvalue weighted by atomic mass is 16.5. The predicted molar refractivity (Wildman–Crippen MR) is 46.6 cm³/mol. The van der Waals surface area contributed by atoms with Gasteiger partial charge in [0.15, 0.2) is 6.07 Å². The largest absolute Gasteiger partial charge is 0.447 e. The molecule has 0 aliphatic rings. The van der Waals surface area contributed by atoms with E-state index in [2.05, 4.69) is 0 Å². The minimum absolute atomic E-state index is 0.367. The summed E-state index contributed by atoms with van der Waals surface area (Å²) < 4.78 is 4.79. The lowest BCUT2D eigenvalue weighted by Crippen LogP contribution is -2.05. The molecule has 0 amide bonds. The molecule has 1 rings (SSSR count). The third-order valence-corrected chi connectivity index (χ3v) is 1.64. The second-order valence-corrected chi connectivity index (χ2v) is 2.57. The molecule has 0 unspecified atom stereocenters. The maximum absolute atomic E-state index is 10.6. The second kappa shape index (κ2) is 4.27. The van der Waals surface area contributed by atoms with Crippen molar-refractivity contribution >= 4 is 5.97 Å². The second-order valence-electron chi connectivity index (χ2n) is 2.57. The van der Waals surface area contributed by atoms with Gasteiger partial charge in [0, 0.05) is 0 Å². The summed E-state index contributed by atoms with van der Waals surface area (Å²) in [6.07, 6.45) is -0.367. The predicted octanol–water partition coefficient (Wildman–Crippen LogP) is 1.81. The van der Waals surface area contributed by atoms with E-state index in [1.54, 1.807) is 6.92 Å². The number of carbonyl (C=O) groups is 1. The molecular formula is C10H9NO2. The van der Waals surface area contributed by atoms with Gasteiger partial charge in [0.05, 0.1) is 0 Å². The fraction of sp³-hybridized carbons (Fsp3) is 0.200. The molecule has 1 aromatic carbocycles. The molecule has 1 aromatic rings. The summed E-state index contributed by atoms with van der Waals surface area (Å²) in [5.74, 6) is -0.851. The Labute approximate surface area is 76.6 Å². The van der Waals surface area contributed by atoms with E-state index in [0.717, 1.165) is 5.56 Å². The van der Waals surface area contributed by atoms with Crippen molar-refractivity contribution in [3.05, 3.63) is 35.9 Å². The zero-order valence-corrected chi connectivity index (χ0v) is 7.23. The van der Waals surface area contributed by atoms with Crippen LogP contribution in [-0.2, 0) is 9.53 Å². The van der Waals surface area contributed by atoms with Gasteiger partial charge < -0.3 is 4.74 Å². The standard InChI is InChI=1S/C10H9NO2/c1-8(13-10(12)7-11)9-5-3-2-4-6-9/h2-6,8H,1H3/t8-/m1/s1. The molecule has 0 aliphatic heterocycles. The van der Waals surface area contributed by atoms with E-state index in [4.69, 9.17) is 10.00 Å². The van der Waals surface area contributed by atoms with Crippen LogP contribution in [0, 0.1) is 11.3 Å². The maximum Gasteiger partial charge on any atom is 0.411 e. The van der Waals surface area contributed by atoms with E-state index >= 15 is 0 Å². The Kier molecular flexibility index (Phi) is 3.04. The van der Waals surface area contributed by atoms with Gasteiger partial charge in [-0.25, -0.2) is 4.79 Å². The van der Waals surface area contributed by atoms with E-state index in [9.17, 15) is 4.79 Å². The molecule has 3 nitrogen and oxygen atoms in total. The van der Waals surface area contributed by atoms with Crippen molar-refractivity contribution in [2.45, 2.75) is 13.0 Å². The lowest BCUT2D eigenvalue weighted by molar-refractivity contribution is -0.141. The summed E-state index contributed by atoms with van der Waals surface area (Å²) in [5, 5.41) is 8.21. The molecule has 13 heavy (non-hydrogen) atoms. The van der Waals surface area contributed by atoms with Gasteiger partial charge in [-0.3, -0.25) is 0 Å². The van der Waals surface area contributed by atoms with Gasteiger partial charge >= 0.3 is 5.97 Å². The number of nitrogens with zero attached hydrogens (tertiary/aromatic N) is 1. The molecule has 3 heteroatoms. The molecular weight excluding hydrogens is 166 g/mol. The van der Waals surface area contributed by atoms with Crippen molar-refractivity contribution in [3.63, 3.8) is 0 Å². The highest BCUT2D eigenvalue weighted by Crippen LogP contribution is 2.15. The molecule has 0 bridgehead atoms. The van der Waals surface area contributed by atoms with E-state index in [1.807, 2.05) is 30.3 Å². The molecule has 66 valence electrons. The van der Waals surface area contributed by atoms with Crippen molar-refractivity contribution in [1.29, 1.82) is 5.26 Å². The van der Waals surface area contributed by atoms with Crippen LogP contribution in [0.2, 0.25) is 0 Å². The average molecular weight is 175 g/mol. The van der Waals surface area contributed by atoms with Crippen LogP contribution in [0.1, 0.15) is 18.6 Å². The van der Waals surface area contributed by atoms with Gasteiger partial charge in [0.2, 0.25) is 0 Å². The quantitative estimate of drug-likeness (QED) is 0.508. The minimum atomic E-state index is -0.851. The third-order valence-electron chi connectivity index (χ3n) is 1.64. The molecule has 0 aromatic heterocycles. The lowest BCUT2D eigenvalue weighted by Gasteiger charge is -2.09. The summed E-state index contributed by atoms with van der Waals surface area (Å²) >= 11 is 0. The number of rotatable bonds is 2. The monoisotopic (exact) mass is 175 g/mol. The van der Waals surface area contributed by atoms with Gasteiger partial charge in [0.1, 0.15) is 6.10 Å². The molecule has 0 aliphatic carbocycles. The van der Waals surface area contributed by atoms with Crippen LogP contribution >= 0.6 is 0 Å². The van der Waals surface area contributed by atoms with E-state index in [1.165, 1.54) is 6.07 Å². The van der Waals surface area contributed by atoms with Crippen LogP contribution in [-0.4, -0.2) is 5.97 Å². The number of nitriles is 1. The van der Waals surface area contributed by atoms with Crippen molar-refractivity contribution in [2.75, 3.05) is 0 Å². The number of ether oxygens (including phenoxy) is 1. The fourth-order valence-electron chi connectivity index (χ4n) is 0.979.